The average Bonchev–Trinajstić information content (AvgIpc) is 2.02. The molecule has 1 rings (SSSR count). The van der Waals surface area contributed by atoms with Crippen LogP contribution in [-0.2, 0) is 4.79 Å². The van der Waals surface area contributed by atoms with Crippen molar-refractivity contribution in [2.45, 2.75) is 40.0 Å². The number of hydrogen-bond donors (Lipinski definition) is 0. The smallest absolute Gasteiger partial charge is 0.225 e. The van der Waals surface area contributed by atoms with Gasteiger partial charge in [-0.3, -0.25) is 4.79 Å². The summed E-state index contributed by atoms with van der Waals surface area (Å²) in [5.41, 5.74) is 2.97. The molecule has 0 unspecified atom stereocenters. The molecule has 0 heterocycles. The number of hydrogen-bond acceptors (Lipinski definition) is 1. The van der Waals surface area contributed by atoms with E-state index in [4.69, 9.17) is 0 Å². The van der Waals surface area contributed by atoms with E-state index in [2.05, 4.69) is 20.8 Å². The second kappa shape index (κ2) is 3.91. The van der Waals surface area contributed by atoms with Gasteiger partial charge in [0, 0.05) is 0 Å². The summed E-state index contributed by atoms with van der Waals surface area (Å²) in [5, 5.41) is 0. The Morgan fingerprint density at radius 2 is 2.15 bits per heavy atom. The second-order valence-corrected chi connectivity index (χ2v) is 4.38. The Hall–Kier alpha value is -0.850. The van der Waals surface area contributed by atoms with E-state index >= 15 is 0 Å². The normalized spacial score (nSPS) is 22.4. The van der Waals surface area contributed by atoms with Crippen molar-refractivity contribution in [3.8, 4) is 0 Å². The average molecular weight is 177 g/mol. The first-order chi connectivity index (χ1) is 6.08. The van der Waals surface area contributed by atoms with Gasteiger partial charge in [-0.1, -0.05) is 25.5 Å². The van der Waals surface area contributed by atoms with Crippen LogP contribution in [0.25, 0.3) is 0 Å². The zero-order valence-corrected chi connectivity index (χ0v) is 8.68. The van der Waals surface area contributed by atoms with Gasteiger partial charge in [-0.05, 0) is 43.3 Å². The molecule has 1 aliphatic rings. The number of allylic oxidation sites excluding steroid dienone is 4. The highest BCUT2D eigenvalue weighted by Crippen LogP contribution is 2.40. The fourth-order valence-corrected chi connectivity index (χ4v) is 2.13. The van der Waals surface area contributed by atoms with Gasteiger partial charge in [0.25, 0.3) is 0 Å². The molecule has 1 aliphatic carbocycles. The molecule has 1 nitrogen and oxygen atoms in total. The lowest BCUT2D eigenvalue weighted by atomic mass is 9.73. The highest BCUT2D eigenvalue weighted by Gasteiger charge is 2.26. The summed E-state index contributed by atoms with van der Waals surface area (Å²) in [6, 6.07) is 0. The molecular formula is C12H17O. The standard InChI is InChI=1S/C12H17O/c1-10-6-4-8-12(2,3)11(10)7-5-9-13/h5,7H,4,6,8H2,1-3H3. The third-order valence-electron chi connectivity index (χ3n) is 2.86. The quantitative estimate of drug-likeness (QED) is 0.592. The minimum Gasteiger partial charge on any atom is -0.286 e. The lowest BCUT2D eigenvalue weighted by molar-refractivity contribution is 0.377. The summed E-state index contributed by atoms with van der Waals surface area (Å²) in [6.07, 6.45) is 8.85. The third-order valence-corrected chi connectivity index (χ3v) is 2.86. The fourth-order valence-electron chi connectivity index (χ4n) is 2.13. The predicted octanol–water partition coefficient (Wildman–Crippen LogP) is 3.18. The Labute approximate surface area is 80.5 Å². The molecule has 1 radical (unpaired) electrons. The van der Waals surface area contributed by atoms with E-state index in [0.717, 1.165) is 0 Å². The van der Waals surface area contributed by atoms with Crippen molar-refractivity contribution in [3.05, 3.63) is 23.3 Å². The molecule has 0 aromatic rings. The minimum atomic E-state index is 0.232. The molecule has 1 heteroatoms. The van der Waals surface area contributed by atoms with Crippen molar-refractivity contribution in [3.63, 3.8) is 0 Å². The molecule has 0 atom stereocenters. The van der Waals surface area contributed by atoms with Crippen LogP contribution in [0.15, 0.2) is 23.3 Å². The molecule has 0 aromatic carbocycles. The van der Waals surface area contributed by atoms with Gasteiger partial charge in [-0.15, -0.1) is 0 Å². The summed E-state index contributed by atoms with van der Waals surface area (Å²) in [7, 11) is 0. The molecule has 0 saturated carbocycles. The first-order valence-electron chi connectivity index (χ1n) is 4.82. The van der Waals surface area contributed by atoms with Crippen molar-refractivity contribution < 1.29 is 4.79 Å². The maximum atomic E-state index is 10.1. The van der Waals surface area contributed by atoms with E-state index in [-0.39, 0.29) is 5.41 Å². The van der Waals surface area contributed by atoms with E-state index in [0.29, 0.717) is 0 Å². The molecule has 71 valence electrons. The summed E-state index contributed by atoms with van der Waals surface area (Å²) < 4.78 is 0. The lowest BCUT2D eigenvalue weighted by Crippen LogP contribution is -2.19. The van der Waals surface area contributed by atoms with Gasteiger partial charge in [0.2, 0.25) is 6.29 Å². The van der Waals surface area contributed by atoms with Gasteiger partial charge >= 0.3 is 0 Å². The van der Waals surface area contributed by atoms with Crippen LogP contribution in [0.5, 0.6) is 0 Å². The van der Waals surface area contributed by atoms with E-state index < -0.39 is 0 Å². The highest BCUT2D eigenvalue weighted by atomic mass is 16.1. The second-order valence-electron chi connectivity index (χ2n) is 4.38. The molecule has 0 amide bonds. The Balaban J connectivity index is 2.97. The minimum absolute atomic E-state index is 0.232. The van der Waals surface area contributed by atoms with E-state index in [1.54, 1.807) is 0 Å². The molecule has 0 bridgehead atoms. The van der Waals surface area contributed by atoms with Gasteiger partial charge in [0.15, 0.2) is 0 Å². The van der Waals surface area contributed by atoms with Gasteiger partial charge < -0.3 is 0 Å². The Morgan fingerprint density at radius 3 is 2.69 bits per heavy atom. The van der Waals surface area contributed by atoms with E-state index in [1.807, 2.05) is 12.4 Å². The lowest BCUT2D eigenvalue weighted by Gasteiger charge is -2.32. The van der Waals surface area contributed by atoms with Crippen molar-refractivity contribution in [1.82, 2.24) is 0 Å². The number of rotatable bonds is 2. The Morgan fingerprint density at radius 1 is 1.46 bits per heavy atom. The van der Waals surface area contributed by atoms with Crippen molar-refractivity contribution in [2.24, 2.45) is 5.41 Å². The van der Waals surface area contributed by atoms with Crippen LogP contribution in [0.1, 0.15) is 40.0 Å². The summed E-state index contributed by atoms with van der Waals surface area (Å²) in [5.74, 6) is 0. The predicted molar refractivity (Wildman–Crippen MR) is 55.2 cm³/mol. The summed E-state index contributed by atoms with van der Waals surface area (Å²) in [4.78, 5) is 10.1. The van der Waals surface area contributed by atoms with Crippen molar-refractivity contribution in [2.75, 3.05) is 0 Å². The molecule has 0 saturated heterocycles. The zero-order valence-electron chi connectivity index (χ0n) is 8.68. The Bertz CT molecular complexity index is 256. The molecule has 0 fully saturated rings. The number of carbonyl (C=O) groups excluding carboxylic acids is 1. The van der Waals surface area contributed by atoms with Gasteiger partial charge in [0.1, 0.15) is 0 Å². The monoisotopic (exact) mass is 177 g/mol. The third kappa shape index (κ3) is 2.30. The van der Waals surface area contributed by atoms with Crippen molar-refractivity contribution in [1.29, 1.82) is 0 Å². The van der Waals surface area contributed by atoms with E-state index in [1.165, 1.54) is 36.5 Å². The van der Waals surface area contributed by atoms with Crippen LogP contribution >= 0.6 is 0 Å². The first-order valence-corrected chi connectivity index (χ1v) is 4.82. The summed E-state index contributed by atoms with van der Waals surface area (Å²) >= 11 is 0. The van der Waals surface area contributed by atoms with Crippen LogP contribution in [0.4, 0.5) is 0 Å². The maximum absolute atomic E-state index is 10.1. The Kier molecular flexibility index (Phi) is 3.07. The van der Waals surface area contributed by atoms with Crippen LogP contribution in [0.3, 0.4) is 0 Å². The van der Waals surface area contributed by atoms with Crippen LogP contribution in [-0.4, -0.2) is 6.29 Å². The molecule has 0 spiro atoms. The van der Waals surface area contributed by atoms with E-state index in [9.17, 15) is 4.79 Å². The highest BCUT2D eigenvalue weighted by molar-refractivity contribution is 5.67. The van der Waals surface area contributed by atoms with Gasteiger partial charge in [-0.2, -0.15) is 0 Å². The topological polar surface area (TPSA) is 17.1 Å². The molecular weight excluding hydrogens is 160 g/mol. The fraction of sp³-hybridized carbons (Fsp3) is 0.583. The van der Waals surface area contributed by atoms with Gasteiger partial charge in [-0.25, -0.2) is 0 Å². The van der Waals surface area contributed by atoms with Gasteiger partial charge in [0.05, 0.1) is 0 Å². The van der Waals surface area contributed by atoms with Crippen LogP contribution in [0, 0.1) is 5.41 Å². The molecule has 13 heavy (non-hydrogen) atoms. The van der Waals surface area contributed by atoms with Crippen LogP contribution < -0.4 is 0 Å². The largest absolute Gasteiger partial charge is 0.286 e. The first kappa shape index (κ1) is 10.2. The van der Waals surface area contributed by atoms with Crippen LogP contribution in [0.2, 0.25) is 0 Å². The molecule has 0 aromatic heterocycles. The SMILES string of the molecule is CC1=C(C=C[C]=O)C(C)(C)CCC1. The molecule has 0 aliphatic heterocycles. The summed E-state index contributed by atoms with van der Waals surface area (Å²) in [6.45, 7) is 6.63. The maximum Gasteiger partial charge on any atom is 0.225 e. The zero-order chi connectivity index (χ0) is 9.90. The van der Waals surface area contributed by atoms with Crippen molar-refractivity contribution >= 4 is 6.29 Å². The molecule has 0 N–H and O–H groups in total.